The van der Waals surface area contributed by atoms with Gasteiger partial charge in [0.2, 0.25) is 5.91 Å². The summed E-state index contributed by atoms with van der Waals surface area (Å²) in [7, 11) is 0. The Labute approximate surface area is 140 Å². The standard InChI is InChI=1S/C18H23F3N2O/c19-18(20,21)16-7-5-14(6-8-16)13-22-9-2-10-23(12-11-22)17(24)15-3-1-4-15/h5-8,15H,1-4,9-13H2. The fourth-order valence-corrected chi connectivity index (χ4v) is 3.32. The van der Waals surface area contributed by atoms with Crippen LogP contribution in [-0.4, -0.2) is 41.9 Å². The van der Waals surface area contributed by atoms with Crippen molar-refractivity contribution in [3.8, 4) is 0 Å². The van der Waals surface area contributed by atoms with Gasteiger partial charge in [-0.05, 0) is 37.0 Å². The molecule has 0 bridgehead atoms. The quantitative estimate of drug-likeness (QED) is 0.840. The molecule has 3 nitrogen and oxygen atoms in total. The minimum atomic E-state index is -4.29. The topological polar surface area (TPSA) is 23.6 Å². The molecule has 0 radical (unpaired) electrons. The normalized spacial score (nSPS) is 20.5. The lowest BCUT2D eigenvalue weighted by Crippen LogP contribution is -2.41. The molecule has 24 heavy (non-hydrogen) atoms. The predicted octanol–water partition coefficient (Wildman–Crippen LogP) is 3.54. The van der Waals surface area contributed by atoms with Crippen molar-refractivity contribution in [2.45, 2.75) is 38.4 Å². The summed E-state index contributed by atoms with van der Waals surface area (Å²) in [6.07, 6.45) is -0.178. The average Bonchev–Trinajstić information content (AvgIpc) is 2.71. The number of hydrogen-bond acceptors (Lipinski definition) is 2. The van der Waals surface area contributed by atoms with Crippen LogP contribution in [0.1, 0.15) is 36.8 Å². The Hall–Kier alpha value is -1.56. The monoisotopic (exact) mass is 340 g/mol. The number of halogens is 3. The molecule has 0 aromatic heterocycles. The van der Waals surface area contributed by atoms with Gasteiger partial charge in [0, 0.05) is 38.6 Å². The van der Waals surface area contributed by atoms with Crippen LogP contribution in [0.3, 0.4) is 0 Å². The van der Waals surface area contributed by atoms with Crippen LogP contribution in [0.4, 0.5) is 13.2 Å². The molecule has 1 saturated carbocycles. The number of carbonyl (C=O) groups excluding carboxylic acids is 1. The van der Waals surface area contributed by atoms with Gasteiger partial charge < -0.3 is 4.90 Å². The van der Waals surface area contributed by atoms with Crippen molar-refractivity contribution >= 4 is 5.91 Å². The molecule has 1 heterocycles. The Balaban J connectivity index is 1.53. The Kier molecular flexibility index (Phi) is 5.13. The van der Waals surface area contributed by atoms with Gasteiger partial charge in [0.05, 0.1) is 5.56 Å². The van der Waals surface area contributed by atoms with E-state index in [2.05, 4.69) is 4.90 Å². The van der Waals surface area contributed by atoms with Gasteiger partial charge in [0.1, 0.15) is 0 Å². The van der Waals surface area contributed by atoms with Crippen LogP contribution in [0, 0.1) is 5.92 Å². The van der Waals surface area contributed by atoms with Gasteiger partial charge >= 0.3 is 6.18 Å². The molecule has 1 aromatic carbocycles. The largest absolute Gasteiger partial charge is 0.416 e. The molecule has 132 valence electrons. The van der Waals surface area contributed by atoms with Crippen LogP contribution in [-0.2, 0) is 17.5 Å². The van der Waals surface area contributed by atoms with E-state index >= 15 is 0 Å². The highest BCUT2D eigenvalue weighted by Gasteiger charge is 2.31. The van der Waals surface area contributed by atoms with Crippen molar-refractivity contribution in [2.24, 2.45) is 5.92 Å². The Morgan fingerprint density at radius 2 is 1.71 bits per heavy atom. The van der Waals surface area contributed by atoms with Gasteiger partial charge in [-0.25, -0.2) is 0 Å². The fraction of sp³-hybridized carbons (Fsp3) is 0.611. The Morgan fingerprint density at radius 3 is 2.29 bits per heavy atom. The summed E-state index contributed by atoms with van der Waals surface area (Å²) in [4.78, 5) is 16.5. The average molecular weight is 340 g/mol. The molecule has 0 atom stereocenters. The van der Waals surface area contributed by atoms with E-state index in [9.17, 15) is 18.0 Å². The molecule has 0 unspecified atom stereocenters. The number of benzene rings is 1. The number of hydrogen-bond donors (Lipinski definition) is 0. The maximum atomic E-state index is 12.6. The maximum absolute atomic E-state index is 12.6. The van der Waals surface area contributed by atoms with Crippen molar-refractivity contribution in [3.05, 3.63) is 35.4 Å². The summed E-state index contributed by atoms with van der Waals surface area (Å²) < 4.78 is 37.8. The summed E-state index contributed by atoms with van der Waals surface area (Å²) in [5.41, 5.74) is 0.265. The molecule has 1 saturated heterocycles. The van der Waals surface area contributed by atoms with E-state index in [-0.39, 0.29) is 11.8 Å². The SMILES string of the molecule is O=C(C1CCC1)N1CCCN(Cc2ccc(C(F)(F)F)cc2)CC1. The van der Waals surface area contributed by atoms with Gasteiger partial charge in [0.25, 0.3) is 0 Å². The van der Waals surface area contributed by atoms with Crippen molar-refractivity contribution in [1.82, 2.24) is 9.80 Å². The number of nitrogens with zero attached hydrogens (tertiary/aromatic N) is 2. The minimum Gasteiger partial charge on any atom is -0.341 e. The molecule has 3 rings (SSSR count). The summed E-state index contributed by atoms with van der Waals surface area (Å²) in [5, 5.41) is 0. The molecule has 1 aliphatic heterocycles. The first kappa shape index (κ1) is 17.3. The minimum absolute atomic E-state index is 0.228. The van der Waals surface area contributed by atoms with Crippen LogP contribution < -0.4 is 0 Å². The van der Waals surface area contributed by atoms with Gasteiger partial charge in [0.15, 0.2) is 0 Å². The summed E-state index contributed by atoms with van der Waals surface area (Å²) in [6.45, 7) is 3.79. The fourth-order valence-electron chi connectivity index (χ4n) is 3.32. The van der Waals surface area contributed by atoms with Crippen molar-refractivity contribution in [2.75, 3.05) is 26.2 Å². The lowest BCUT2D eigenvalue weighted by Gasteiger charge is -2.31. The van der Waals surface area contributed by atoms with Crippen LogP contribution >= 0.6 is 0 Å². The molecule has 2 fully saturated rings. The first-order chi connectivity index (χ1) is 11.4. The second kappa shape index (κ2) is 7.13. The van der Waals surface area contributed by atoms with Gasteiger partial charge in [-0.1, -0.05) is 18.6 Å². The molecule has 0 N–H and O–H groups in total. The second-order valence-electron chi connectivity index (χ2n) is 6.78. The zero-order valence-electron chi connectivity index (χ0n) is 13.7. The van der Waals surface area contributed by atoms with Crippen molar-refractivity contribution in [1.29, 1.82) is 0 Å². The first-order valence-electron chi connectivity index (χ1n) is 8.61. The molecule has 6 heteroatoms. The molecular weight excluding hydrogens is 317 g/mol. The summed E-state index contributed by atoms with van der Waals surface area (Å²) in [6, 6.07) is 5.37. The Bertz CT molecular complexity index is 567. The number of alkyl halides is 3. The van der Waals surface area contributed by atoms with Gasteiger partial charge in [-0.2, -0.15) is 13.2 Å². The van der Waals surface area contributed by atoms with Gasteiger partial charge in [-0.15, -0.1) is 0 Å². The number of amides is 1. The van der Waals surface area contributed by atoms with E-state index in [1.165, 1.54) is 0 Å². The molecule has 1 amide bonds. The Morgan fingerprint density at radius 1 is 1.00 bits per heavy atom. The summed E-state index contributed by atoms with van der Waals surface area (Å²) >= 11 is 0. The lowest BCUT2D eigenvalue weighted by molar-refractivity contribution is -0.138. The van der Waals surface area contributed by atoms with E-state index in [1.54, 1.807) is 12.1 Å². The highest BCUT2D eigenvalue weighted by atomic mass is 19.4. The third-order valence-electron chi connectivity index (χ3n) is 5.04. The van der Waals surface area contributed by atoms with E-state index in [0.717, 1.165) is 69.6 Å². The molecule has 1 aliphatic carbocycles. The zero-order valence-corrected chi connectivity index (χ0v) is 13.7. The molecular formula is C18H23F3N2O. The molecule has 1 aromatic rings. The smallest absolute Gasteiger partial charge is 0.341 e. The summed E-state index contributed by atoms with van der Waals surface area (Å²) in [5.74, 6) is 0.518. The van der Waals surface area contributed by atoms with E-state index < -0.39 is 11.7 Å². The second-order valence-corrected chi connectivity index (χ2v) is 6.78. The highest BCUT2D eigenvalue weighted by Crippen LogP contribution is 2.30. The highest BCUT2D eigenvalue weighted by molar-refractivity contribution is 5.79. The number of carbonyl (C=O) groups is 1. The van der Waals surface area contributed by atoms with Crippen LogP contribution in [0.15, 0.2) is 24.3 Å². The zero-order chi connectivity index (χ0) is 17.2. The van der Waals surface area contributed by atoms with E-state index in [1.807, 2.05) is 4.90 Å². The lowest BCUT2D eigenvalue weighted by atomic mass is 9.84. The van der Waals surface area contributed by atoms with E-state index in [0.29, 0.717) is 6.54 Å². The van der Waals surface area contributed by atoms with Crippen LogP contribution in [0.25, 0.3) is 0 Å². The first-order valence-corrected chi connectivity index (χ1v) is 8.61. The van der Waals surface area contributed by atoms with Crippen molar-refractivity contribution < 1.29 is 18.0 Å². The van der Waals surface area contributed by atoms with Gasteiger partial charge in [-0.3, -0.25) is 9.69 Å². The molecule has 0 spiro atoms. The number of rotatable bonds is 3. The third kappa shape index (κ3) is 4.09. The van der Waals surface area contributed by atoms with Crippen LogP contribution in [0.2, 0.25) is 0 Å². The van der Waals surface area contributed by atoms with Crippen LogP contribution in [0.5, 0.6) is 0 Å². The maximum Gasteiger partial charge on any atom is 0.416 e. The van der Waals surface area contributed by atoms with E-state index in [4.69, 9.17) is 0 Å². The molecule has 2 aliphatic rings. The third-order valence-corrected chi connectivity index (χ3v) is 5.04. The predicted molar refractivity (Wildman–Crippen MR) is 85.3 cm³/mol. The van der Waals surface area contributed by atoms with Crippen molar-refractivity contribution in [3.63, 3.8) is 0 Å².